The summed E-state index contributed by atoms with van der Waals surface area (Å²) in [6.45, 7) is 0.631. The van der Waals surface area contributed by atoms with Gasteiger partial charge in [0.15, 0.2) is 0 Å². The molecule has 4 rings (SSSR count). The Morgan fingerprint density at radius 2 is 2.00 bits per heavy atom. The zero-order valence-corrected chi connectivity index (χ0v) is 17.3. The van der Waals surface area contributed by atoms with Crippen LogP contribution in [0.1, 0.15) is 42.5 Å². The van der Waals surface area contributed by atoms with Crippen LogP contribution in [0.2, 0.25) is 0 Å². The Kier molecular flexibility index (Phi) is 5.90. The Balaban J connectivity index is 1.42. The third kappa shape index (κ3) is 4.48. The molecule has 0 aromatic heterocycles. The van der Waals surface area contributed by atoms with Gasteiger partial charge in [0.1, 0.15) is 0 Å². The van der Waals surface area contributed by atoms with Crippen LogP contribution in [-0.2, 0) is 0 Å². The van der Waals surface area contributed by atoms with Crippen molar-refractivity contribution in [1.29, 1.82) is 0 Å². The number of hydrogen-bond acceptors (Lipinski definition) is 3. The van der Waals surface area contributed by atoms with E-state index in [2.05, 4.69) is 16.7 Å². The smallest absolute Gasteiger partial charge is 0.319 e. The van der Waals surface area contributed by atoms with E-state index in [9.17, 15) is 9.59 Å². The minimum Gasteiger partial charge on any atom is -0.338 e. The molecule has 2 aliphatic rings. The third-order valence-corrected chi connectivity index (χ3v) is 6.48. The molecular weight excluding hydrogens is 382 g/mol. The molecule has 1 aliphatic heterocycles. The number of fused-ring (bicyclic) bond motifs is 2. The highest BCUT2D eigenvalue weighted by molar-refractivity contribution is 7.99. The monoisotopic (exact) mass is 407 g/mol. The molecule has 3 amide bonds. The topological polar surface area (TPSA) is 61.4 Å². The van der Waals surface area contributed by atoms with E-state index in [1.54, 1.807) is 23.7 Å². The molecule has 150 valence electrons. The summed E-state index contributed by atoms with van der Waals surface area (Å²) in [4.78, 5) is 28.7. The molecule has 6 heteroatoms. The van der Waals surface area contributed by atoms with Gasteiger partial charge in [-0.05, 0) is 62.4 Å². The highest BCUT2D eigenvalue weighted by Crippen LogP contribution is 2.41. The summed E-state index contributed by atoms with van der Waals surface area (Å²) in [5, 5.41) is 5.82. The van der Waals surface area contributed by atoms with Crippen molar-refractivity contribution in [3.8, 4) is 0 Å². The lowest BCUT2D eigenvalue weighted by molar-refractivity contribution is 0.0990. The summed E-state index contributed by atoms with van der Waals surface area (Å²) >= 11 is 1.57. The van der Waals surface area contributed by atoms with E-state index in [1.165, 1.54) is 18.4 Å². The molecule has 2 aromatic rings. The number of carbonyl (C=O) groups excluding carboxylic acids is 2. The first-order valence-electron chi connectivity index (χ1n) is 10.0. The van der Waals surface area contributed by atoms with E-state index in [-0.39, 0.29) is 11.9 Å². The lowest BCUT2D eigenvalue weighted by Crippen LogP contribution is -2.30. The first kappa shape index (κ1) is 19.6. The average molecular weight is 408 g/mol. The van der Waals surface area contributed by atoms with Crippen LogP contribution in [0.25, 0.3) is 0 Å². The molecule has 0 saturated carbocycles. The fraction of sp³-hybridized carbons (Fsp3) is 0.304. The molecule has 0 spiro atoms. The quantitative estimate of drug-likeness (QED) is 0.664. The number of hydrogen-bond donors (Lipinski definition) is 2. The van der Waals surface area contributed by atoms with Crippen molar-refractivity contribution in [3.05, 3.63) is 59.7 Å². The van der Waals surface area contributed by atoms with Crippen LogP contribution in [0, 0.1) is 0 Å². The largest absolute Gasteiger partial charge is 0.338 e. The maximum atomic E-state index is 12.8. The van der Waals surface area contributed by atoms with Gasteiger partial charge in [0.2, 0.25) is 0 Å². The van der Waals surface area contributed by atoms with Gasteiger partial charge < -0.3 is 15.5 Å². The molecule has 2 aromatic carbocycles. The van der Waals surface area contributed by atoms with Gasteiger partial charge in [-0.25, -0.2) is 4.79 Å². The van der Waals surface area contributed by atoms with Crippen LogP contribution >= 0.6 is 11.8 Å². The fourth-order valence-corrected chi connectivity index (χ4v) is 4.81. The molecule has 0 radical (unpaired) electrons. The molecular formula is C23H25N3O2S. The van der Waals surface area contributed by atoms with Crippen LogP contribution in [0.3, 0.4) is 0 Å². The summed E-state index contributed by atoms with van der Waals surface area (Å²) < 4.78 is 0. The van der Waals surface area contributed by atoms with E-state index in [1.807, 2.05) is 42.5 Å². The standard InChI is InChI=1S/C23H25N3O2S/c1-26-19-15-17(25-23(28)24-14-13-16-7-3-2-4-8-16)11-12-21(19)29-20-10-6-5-9-18(20)22(26)27/h5-7,9-12,15H,2-4,8,13-14H2,1H3,(H2,24,25,28). The SMILES string of the molecule is CN1C(=O)c2ccccc2Sc2ccc(NC(=O)NCCC3=CCCCC3)cc21. The lowest BCUT2D eigenvalue weighted by Gasteiger charge is -2.18. The number of nitrogens with zero attached hydrogens (tertiary/aromatic N) is 1. The highest BCUT2D eigenvalue weighted by atomic mass is 32.2. The van der Waals surface area contributed by atoms with Crippen LogP contribution in [0.5, 0.6) is 0 Å². The Morgan fingerprint density at radius 3 is 2.83 bits per heavy atom. The van der Waals surface area contributed by atoms with Gasteiger partial charge in [-0.3, -0.25) is 4.79 Å². The van der Waals surface area contributed by atoms with E-state index < -0.39 is 0 Å². The van der Waals surface area contributed by atoms with E-state index in [0.717, 1.165) is 34.7 Å². The van der Waals surface area contributed by atoms with Gasteiger partial charge in [-0.15, -0.1) is 0 Å². The van der Waals surface area contributed by atoms with Crippen molar-refractivity contribution in [1.82, 2.24) is 5.32 Å². The molecule has 0 saturated heterocycles. The molecule has 0 atom stereocenters. The fourth-order valence-electron chi connectivity index (χ4n) is 3.73. The predicted molar refractivity (Wildman–Crippen MR) is 118 cm³/mol. The summed E-state index contributed by atoms with van der Waals surface area (Å²) in [6.07, 6.45) is 8.04. The summed E-state index contributed by atoms with van der Waals surface area (Å²) in [7, 11) is 1.77. The molecule has 1 aliphatic carbocycles. The summed E-state index contributed by atoms with van der Waals surface area (Å²) in [6, 6.07) is 13.1. The van der Waals surface area contributed by atoms with Crippen LogP contribution in [-0.4, -0.2) is 25.5 Å². The van der Waals surface area contributed by atoms with Crippen LogP contribution < -0.4 is 15.5 Å². The Morgan fingerprint density at radius 1 is 1.14 bits per heavy atom. The molecule has 0 fully saturated rings. The van der Waals surface area contributed by atoms with Crippen molar-refractivity contribution in [2.75, 3.05) is 23.8 Å². The minimum absolute atomic E-state index is 0.0470. The van der Waals surface area contributed by atoms with Gasteiger partial charge in [-0.1, -0.05) is 35.5 Å². The maximum Gasteiger partial charge on any atom is 0.319 e. The van der Waals surface area contributed by atoms with Gasteiger partial charge in [0.05, 0.1) is 11.3 Å². The second kappa shape index (κ2) is 8.74. The molecule has 29 heavy (non-hydrogen) atoms. The first-order chi connectivity index (χ1) is 14.1. The number of rotatable bonds is 4. The second-order valence-corrected chi connectivity index (χ2v) is 8.47. The average Bonchev–Trinajstić information content (AvgIpc) is 2.84. The van der Waals surface area contributed by atoms with Crippen LogP contribution in [0.15, 0.2) is 63.9 Å². The predicted octanol–water partition coefficient (Wildman–Crippen LogP) is 5.44. The lowest BCUT2D eigenvalue weighted by atomic mass is 9.97. The van der Waals surface area contributed by atoms with E-state index in [4.69, 9.17) is 0 Å². The highest BCUT2D eigenvalue weighted by Gasteiger charge is 2.24. The number of carbonyl (C=O) groups is 2. The van der Waals surface area contributed by atoms with E-state index in [0.29, 0.717) is 17.8 Å². The van der Waals surface area contributed by atoms with Gasteiger partial charge in [-0.2, -0.15) is 0 Å². The number of nitrogens with one attached hydrogen (secondary N) is 2. The number of allylic oxidation sites excluding steroid dienone is 1. The van der Waals surface area contributed by atoms with Crippen molar-refractivity contribution in [2.24, 2.45) is 0 Å². The summed E-state index contributed by atoms with van der Waals surface area (Å²) in [5.41, 5.74) is 3.60. The van der Waals surface area contributed by atoms with Crippen molar-refractivity contribution in [2.45, 2.75) is 41.9 Å². The maximum absolute atomic E-state index is 12.8. The molecule has 1 heterocycles. The minimum atomic E-state index is -0.222. The van der Waals surface area contributed by atoms with Crippen molar-refractivity contribution >= 4 is 35.1 Å². The first-order valence-corrected chi connectivity index (χ1v) is 10.9. The van der Waals surface area contributed by atoms with Crippen molar-refractivity contribution in [3.63, 3.8) is 0 Å². The molecule has 0 bridgehead atoms. The third-order valence-electron chi connectivity index (χ3n) is 5.34. The number of benzene rings is 2. The van der Waals surface area contributed by atoms with Crippen LogP contribution in [0.4, 0.5) is 16.2 Å². The number of urea groups is 1. The number of anilines is 2. The van der Waals surface area contributed by atoms with E-state index >= 15 is 0 Å². The van der Waals surface area contributed by atoms with Gasteiger partial charge in [0.25, 0.3) is 5.91 Å². The normalized spacial score (nSPS) is 15.7. The molecule has 0 unspecified atom stereocenters. The second-order valence-electron chi connectivity index (χ2n) is 7.38. The van der Waals surface area contributed by atoms with Crippen molar-refractivity contribution < 1.29 is 9.59 Å². The number of amides is 3. The Hall–Kier alpha value is -2.73. The summed E-state index contributed by atoms with van der Waals surface area (Å²) in [5.74, 6) is -0.0470. The zero-order chi connectivity index (χ0) is 20.2. The Labute approximate surface area is 175 Å². The Bertz CT molecular complexity index is 970. The van der Waals surface area contributed by atoms with Gasteiger partial charge >= 0.3 is 6.03 Å². The zero-order valence-electron chi connectivity index (χ0n) is 16.5. The van der Waals surface area contributed by atoms with Gasteiger partial charge in [0, 0.05) is 29.1 Å². The molecule has 2 N–H and O–H groups in total. The molecule has 5 nitrogen and oxygen atoms in total.